The zero-order valence-corrected chi connectivity index (χ0v) is 7.33. The van der Waals surface area contributed by atoms with Gasteiger partial charge in [-0.1, -0.05) is 0 Å². The SMILES string of the molecule is OP(O)OCOP1OCCO1. The molecule has 0 atom stereocenters. The molecule has 0 unspecified atom stereocenters. The Balaban J connectivity index is 1.94. The molecule has 0 aliphatic carbocycles. The van der Waals surface area contributed by atoms with Gasteiger partial charge in [-0.3, -0.25) is 9.05 Å². The lowest BCUT2D eigenvalue weighted by molar-refractivity contribution is 0.0910. The van der Waals surface area contributed by atoms with E-state index in [9.17, 15) is 0 Å². The van der Waals surface area contributed by atoms with Crippen molar-refractivity contribution in [2.45, 2.75) is 0 Å². The summed E-state index contributed by atoms with van der Waals surface area (Å²) in [5.74, 6) is 0. The minimum atomic E-state index is -2.35. The van der Waals surface area contributed by atoms with Crippen LogP contribution in [0.1, 0.15) is 0 Å². The van der Waals surface area contributed by atoms with E-state index in [2.05, 4.69) is 4.52 Å². The highest BCUT2D eigenvalue weighted by Crippen LogP contribution is 2.44. The summed E-state index contributed by atoms with van der Waals surface area (Å²) in [5, 5.41) is 0. The van der Waals surface area contributed by atoms with Crippen LogP contribution in [0.25, 0.3) is 0 Å². The van der Waals surface area contributed by atoms with Gasteiger partial charge in [0.1, 0.15) is 0 Å². The molecule has 0 aromatic rings. The van der Waals surface area contributed by atoms with Crippen LogP contribution in [-0.4, -0.2) is 29.8 Å². The molecule has 1 heterocycles. The highest BCUT2D eigenvalue weighted by atomic mass is 31.2. The third kappa shape index (κ3) is 4.25. The van der Waals surface area contributed by atoms with Crippen molar-refractivity contribution in [3.05, 3.63) is 0 Å². The van der Waals surface area contributed by atoms with E-state index in [1.54, 1.807) is 0 Å². The molecule has 1 aliphatic rings. The minimum absolute atomic E-state index is 0.218. The van der Waals surface area contributed by atoms with Crippen LogP contribution in [0.3, 0.4) is 0 Å². The van der Waals surface area contributed by atoms with Crippen molar-refractivity contribution in [1.29, 1.82) is 0 Å². The van der Waals surface area contributed by atoms with Crippen molar-refractivity contribution in [2.24, 2.45) is 0 Å². The second-order valence-corrected chi connectivity index (χ2v) is 3.50. The summed E-state index contributed by atoms with van der Waals surface area (Å²) < 4.78 is 19.0. The van der Waals surface area contributed by atoms with Crippen LogP contribution >= 0.6 is 17.2 Å². The van der Waals surface area contributed by atoms with Crippen molar-refractivity contribution in [3.8, 4) is 0 Å². The molecule has 1 rings (SSSR count). The van der Waals surface area contributed by atoms with Crippen LogP contribution in [0.4, 0.5) is 0 Å². The Kier molecular flexibility index (Phi) is 4.67. The first-order valence-corrected chi connectivity index (χ1v) is 5.05. The molecule has 11 heavy (non-hydrogen) atoms. The second-order valence-electron chi connectivity index (χ2n) is 1.52. The predicted molar refractivity (Wildman–Crippen MR) is 37.2 cm³/mol. The predicted octanol–water partition coefficient (Wildman–Crippen LogP) is 0.462. The Bertz CT molecular complexity index is 104. The van der Waals surface area contributed by atoms with Crippen LogP contribution in [0.5, 0.6) is 0 Å². The van der Waals surface area contributed by atoms with Gasteiger partial charge in [-0.15, -0.1) is 0 Å². The fourth-order valence-corrected chi connectivity index (χ4v) is 1.49. The molecule has 1 saturated heterocycles. The second kappa shape index (κ2) is 5.30. The largest absolute Gasteiger partial charge is 0.335 e. The van der Waals surface area contributed by atoms with Crippen molar-refractivity contribution < 1.29 is 27.9 Å². The van der Waals surface area contributed by atoms with Crippen LogP contribution < -0.4 is 0 Å². The molecule has 66 valence electrons. The molecular weight excluding hydrogens is 194 g/mol. The zero-order chi connectivity index (χ0) is 8.10. The van der Waals surface area contributed by atoms with Crippen molar-refractivity contribution in [3.63, 3.8) is 0 Å². The van der Waals surface area contributed by atoms with E-state index in [1.165, 1.54) is 0 Å². The van der Waals surface area contributed by atoms with E-state index >= 15 is 0 Å². The number of hydrogen-bond donors (Lipinski definition) is 2. The fraction of sp³-hybridized carbons (Fsp3) is 1.00. The highest BCUT2D eigenvalue weighted by molar-refractivity contribution is 7.42. The van der Waals surface area contributed by atoms with Gasteiger partial charge in [0, 0.05) is 0 Å². The third-order valence-corrected chi connectivity index (χ3v) is 2.24. The maximum atomic E-state index is 8.27. The molecule has 8 heteroatoms. The van der Waals surface area contributed by atoms with Gasteiger partial charge in [0.2, 0.25) is 0 Å². The Morgan fingerprint density at radius 1 is 1.36 bits per heavy atom. The first-order chi connectivity index (χ1) is 5.29. The fourth-order valence-electron chi connectivity index (χ4n) is 0.449. The average Bonchev–Trinajstić information content (AvgIpc) is 2.39. The summed E-state index contributed by atoms with van der Waals surface area (Å²) in [4.78, 5) is 16.5. The molecule has 0 saturated carbocycles. The normalized spacial score (nSPS) is 19.9. The maximum absolute atomic E-state index is 8.27. The first kappa shape index (κ1) is 9.71. The molecule has 0 amide bonds. The van der Waals surface area contributed by atoms with Gasteiger partial charge in [-0.2, -0.15) is 0 Å². The van der Waals surface area contributed by atoms with E-state index in [0.717, 1.165) is 0 Å². The quantitative estimate of drug-likeness (QED) is 0.509. The monoisotopic (exact) mass is 202 g/mol. The van der Waals surface area contributed by atoms with E-state index in [1.807, 2.05) is 0 Å². The summed E-state index contributed by atoms with van der Waals surface area (Å²) in [6.45, 7) is 0.807. The summed E-state index contributed by atoms with van der Waals surface area (Å²) in [5.41, 5.74) is 0. The standard InChI is InChI=1S/C3H8O6P2/c4-10(5)8-3-9-11-6-1-2-7-11/h4-5H,1-3H2. The van der Waals surface area contributed by atoms with Gasteiger partial charge < -0.3 is 18.8 Å². The molecule has 2 N–H and O–H groups in total. The van der Waals surface area contributed by atoms with E-state index in [-0.39, 0.29) is 6.79 Å². The van der Waals surface area contributed by atoms with Crippen molar-refractivity contribution in [1.82, 2.24) is 0 Å². The Morgan fingerprint density at radius 2 is 2.00 bits per heavy atom. The van der Waals surface area contributed by atoms with Gasteiger partial charge in [0.25, 0.3) is 0 Å². The van der Waals surface area contributed by atoms with E-state index < -0.39 is 17.2 Å². The topological polar surface area (TPSA) is 77.4 Å². The smallest absolute Gasteiger partial charge is 0.328 e. The number of hydrogen-bond acceptors (Lipinski definition) is 6. The molecule has 1 aliphatic heterocycles. The van der Waals surface area contributed by atoms with Crippen molar-refractivity contribution in [2.75, 3.05) is 20.0 Å². The first-order valence-electron chi connectivity index (χ1n) is 2.78. The van der Waals surface area contributed by atoms with E-state index in [0.29, 0.717) is 13.2 Å². The molecule has 0 aromatic carbocycles. The summed E-state index contributed by atoms with van der Waals surface area (Å²) >= 11 is 0. The lowest BCUT2D eigenvalue weighted by Gasteiger charge is -2.07. The molecule has 0 spiro atoms. The highest BCUT2D eigenvalue weighted by Gasteiger charge is 2.18. The molecule has 1 fully saturated rings. The third-order valence-electron chi connectivity index (χ3n) is 0.803. The van der Waals surface area contributed by atoms with Gasteiger partial charge in [-0.05, 0) is 0 Å². The minimum Gasteiger partial charge on any atom is -0.328 e. The van der Waals surface area contributed by atoms with Crippen LogP contribution in [0.15, 0.2) is 0 Å². The van der Waals surface area contributed by atoms with Crippen LogP contribution in [0, 0.1) is 0 Å². The van der Waals surface area contributed by atoms with Crippen LogP contribution in [0.2, 0.25) is 0 Å². The Hall–Kier alpha value is 0.620. The molecule has 0 aromatic heterocycles. The van der Waals surface area contributed by atoms with Gasteiger partial charge in [-0.25, -0.2) is 0 Å². The lowest BCUT2D eigenvalue weighted by Crippen LogP contribution is -1.91. The molecular formula is C3H8O6P2. The lowest BCUT2D eigenvalue weighted by atomic mass is 10.8. The Labute approximate surface area is 66.0 Å². The van der Waals surface area contributed by atoms with Gasteiger partial charge in [0.05, 0.1) is 13.2 Å². The summed E-state index contributed by atoms with van der Waals surface area (Å²) in [6.07, 6.45) is 0. The van der Waals surface area contributed by atoms with Gasteiger partial charge >= 0.3 is 17.2 Å². The summed E-state index contributed by atoms with van der Waals surface area (Å²) in [6, 6.07) is 0. The average molecular weight is 202 g/mol. The maximum Gasteiger partial charge on any atom is 0.335 e. The zero-order valence-electron chi connectivity index (χ0n) is 5.54. The molecule has 6 nitrogen and oxygen atoms in total. The number of rotatable bonds is 4. The molecule has 0 bridgehead atoms. The Morgan fingerprint density at radius 3 is 2.55 bits per heavy atom. The van der Waals surface area contributed by atoms with Crippen LogP contribution in [-0.2, 0) is 18.1 Å². The summed E-state index contributed by atoms with van der Waals surface area (Å²) in [7, 11) is -3.66. The van der Waals surface area contributed by atoms with Gasteiger partial charge in [0.15, 0.2) is 6.79 Å². The molecule has 0 radical (unpaired) electrons. The van der Waals surface area contributed by atoms with E-state index in [4.69, 9.17) is 23.4 Å². The van der Waals surface area contributed by atoms with Crippen molar-refractivity contribution >= 4 is 17.2 Å².